The zero-order chi connectivity index (χ0) is 18.1. The molecule has 3 heterocycles. The number of nitrogens with two attached hydrogens (primary N) is 1. The summed E-state index contributed by atoms with van der Waals surface area (Å²) < 4.78 is 7.53. The van der Waals surface area contributed by atoms with Gasteiger partial charge in [-0.1, -0.05) is 12.1 Å². The summed E-state index contributed by atoms with van der Waals surface area (Å²) >= 11 is 5.81. The Morgan fingerprint density at radius 2 is 2.12 bits per heavy atom. The van der Waals surface area contributed by atoms with Gasteiger partial charge in [-0.05, 0) is 36.2 Å². The molecule has 0 radical (unpaired) electrons. The minimum Gasteiger partial charge on any atom is -0.394 e. The van der Waals surface area contributed by atoms with Crippen molar-refractivity contribution >= 4 is 23.1 Å². The Labute approximate surface area is 156 Å². The Balaban J connectivity index is 1.50. The Hall–Kier alpha value is -2.64. The molecule has 1 aliphatic rings. The van der Waals surface area contributed by atoms with Gasteiger partial charge in [0.15, 0.2) is 5.82 Å². The third kappa shape index (κ3) is 3.23. The van der Waals surface area contributed by atoms with Crippen molar-refractivity contribution in [3.05, 3.63) is 58.3 Å². The molecule has 4 rings (SSSR count). The first-order chi connectivity index (χ1) is 12.6. The Morgan fingerprint density at radius 3 is 2.88 bits per heavy atom. The summed E-state index contributed by atoms with van der Waals surface area (Å²) in [7, 11) is 0. The van der Waals surface area contributed by atoms with Gasteiger partial charge in [0.2, 0.25) is 5.28 Å². The van der Waals surface area contributed by atoms with Crippen molar-refractivity contribution in [2.75, 3.05) is 17.7 Å². The molecule has 0 saturated carbocycles. The summed E-state index contributed by atoms with van der Waals surface area (Å²) in [5.41, 5.74) is 11.9. The summed E-state index contributed by atoms with van der Waals surface area (Å²) in [6, 6.07) is 8.22. The molecule has 0 atom stereocenters. The van der Waals surface area contributed by atoms with Crippen LogP contribution in [-0.2, 0) is 24.3 Å². The van der Waals surface area contributed by atoms with Gasteiger partial charge in [-0.25, -0.2) is 9.67 Å². The van der Waals surface area contributed by atoms with Crippen LogP contribution in [-0.4, -0.2) is 26.4 Å². The second-order valence-electron chi connectivity index (χ2n) is 6.19. The fourth-order valence-electron chi connectivity index (χ4n) is 3.03. The Kier molecular flexibility index (Phi) is 4.48. The number of fused-ring (bicyclic) bond motifs is 1. The molecule has 134 valence electrons. The average molecular weight is 371 g/mol. The molecule has 0 aliphatic carbocycles. The first-order valence-corrected chi connectivity index (χ1v) is 8.76. The topological polar surface area (TPSA) is 90.9 Å². The lowest BCUT2D eigenvalue weighted by molar-refractivity contribution is 0.110. The van der Waals surface area contributed by atoms with Crippen LogP contribution in [0.5, 0.6) is 0 Å². The highest BCUT2D eigenvalue weighted by molar-refractivity contribution is 6.28. The molecule has 1 aliphatic heterocycles. The van der Waals surface area contributed by atoms with Crippen molar-refractivity contribution in [1.29, 1.82) is 0 Å². The van der Waals surface area contributed by atoms with E-state index in [0.29, 0.717) is 24.7 Å². The highest BCUT2D eigenvalue weighted by Gasteiger charge is 2.18. The molecule has 2 aromatic heterocycles. The number of hydrogen-bond donors (Lipinski definition) is 2. The zero-order valence-corrected chi connectivity index (χ0v) is 15.1. The maximum atomic E-state index is 5.85. The molecular weight excluding hydrogens is 352 g/mol. The molecule has 0 bridgehead atoms. The van der Waals surface area contributed by atoms with Crippen LogP contribution in [0.2, 0.25) is 5.28 Å². The van der Waals surface area contributed by atoms with E-state index < -0.39 is 0 Å². The van der Waals surface area contributed by atoms with Gasteiger partial charge in [-0.3, -0.25) is 0 Å². The summed E-state index contributed by atoms with van der Waals surface area (Å²) in [6.07, 6.45) is 2.36. The number of halogens is 1. The van der Waals surface area contributed by atoms with Crippen molar-refractivity contribution in [2.45, 2.75) is 26.5 Å². The van der Waals surface area contributed by atoms with Gasteiger partial charge in [-0.15, -0.1) is 0 Å². The fraction of sp³-hybridized carbons (Fsp3) is 0.278. The van der Waals surface area contributed by atoms with Crippen LogP contribution in [0.3, 0.4) is 0 Å². The third-order valence-corrected chi connectivity index (χ3v) is 4.66. The van der Waals surface area contributed by atoms with E-state index >= 15 is 0 Å². The number of anilines is 2. The largest absolute Gasteiger partial charge is 0.394 e. The molecule has 1 aromatic carbocycles. The van der Waals surface area contributed by atoms with Crippen molar-refractivity contribution in [1.82, 2.24) is 19.7 Å². The standard InChI is InChI=1S/C18H19ClN6O/c1-11-14-10-26-7-6-16(14)24-25(11)13-4-2-12(3-5-13)8-21-17-15(20)9-22-18(19)23-17/h2-5,9H,6-8,10,20H2,1H3,(H,21,22,23). The minimum absolute atomic E-state index is 0.166. The van der Waals surface area contributed by atoms with Crippen LogP contribution in [0, 0.1) is 6.92 Å². The second-order valence-corrected chi connectivity index (χ2v) is 6.53. The molecule has 0 spiro atoms. The first kappa shape index (κ1) is 16.8. The normalized spacial score (nSPS) is 13.5. The van der Waals surface area contributed by atoms with Gasteiger partial charge in [0.1, 0.15) is 0 Å². The monoisotopic (exact) mass is 370 g/mol. The van der Waals surface area contributed by atoms with Crippen molar-refractivity contribution in [2.24, 2.45) is 0 Å². The predicted octanol–water partition coefficient (Wildman–Crippen LogP) is 2.89. The molecule has 0 unspecified atom stereocenters. The van der Waals surface area contributed by atoms with Gasteiger partial charge in [-0.2, -0.15) is 10.1 Å². The van der Waals surface area contributed by atoms with E-state index in [9.17, 15) is 0 Å². The lowest BCUT2D eigenvalue weighted by Gasteiger charge is -2.11. The van der Waals surface area contributed by atoms with Gasteiger partial charge in [0.25, 0.3) is 0 Å². The van der Waals surface area contributed by atoms with E-state index in [4.69, 9.17) is 27.2 Å². The first-order valence-electron chi connectivity index (χ1n) is 8.38. The summed E-state index contributed by atoms with van der Waals surface area (Å²) in [5.74, 6) is 0.532. The van der Waals surface area contributed by atoms with Crippen LogP contribution in [0.1, 0.15) is 22.5 Å². The van der Waals surface area contributed by atoms with E-state index in [0.717, 1.165) is 35.7 Å². The van der Waals surface area contributed by atoms with E-state index in [2.05, 4.69) is 46.5 Å². The lowest BCUT2D eigenvalue weighted by atomic mass is 10.1. The van der Waals surface area contributed by atoms with Crippen LogP contribution in [0.15, 0.2) is 30.5 Å². The highest BCUT2D eigenvalue weighted by Crippen LogP contribution is 2.23. The Bertz CT molecular complexity index is 938. The quantitative estimate of drug-likeness (QED) is 0.686. The molecule has 0 saturated heterocycles. The number of ether oxygens (including phenoxy) is 1. The van der Waals surface area contributed by atoms with E-state index in [1.807, 2.05) is 4.68 Å². The number of aromatic nitrogens is 4. The van der Waals surface area contributed by atoms with Crippen molar-refractivity contribution < 1.29 is 4.74 Å². The number of nitrogens with one attached hydrogen (secondary N) is 1. The van der Waals surface area contributed by atoms with Gasteiger partial charge in [0, 0.05) is 24.2 Å². The third-order valence-electron chi connectivity index (χ3n) is 4.48. The fourth-order valence-corrected chi connectivity index (χ4v) is 3.16. The van der Waals surface area contributed by atoms with Gasteiger partial charge in [0.05, 0.1) is 36.5 Å². The molecule has 0 fully saturated rings. The van der Waals surface area contributed by atoms with E-state index in [1.165, 1.54) is 11.8 Å². The minimum atomic E-state index is 0.166. The number of rotatable bonds is 4. The smallest absolute Gasteiger partial charge is 0.224 e. The van der Waals surface area contributed by atoms with Crippen LogP contribution < -0.4 is 11.1 Å². The second kappa shape index (κ2) is 6.93. The van der Waals surface area contributed by atoms with E-state index in [1.54, 1.807) is 0 Å². The molecule has 3 aromatic rings. The number of nitrogen functional groups attached to an aromatic ring is 1. The molecular formula is C18H19ClN6O. The summed E-state index contributed by atoms with van der Waals surface area (Å²) in [5, 5.41) is 8.08. The highest BCUT2D eigenvalue weighted by atomic mass is 35.5. The summed E-state index contributed by atoms with van der Waals surface area (Å²) in [4.78, 5) is 7.94. The van der Waals surface area contributed by atoms with Crippen LogP contribution in [0.4, 0.5) is 11.5 Å². The predicted molar refractivity (Wildman–Crippen MR) is 100 cm³/mol. The molecule has 8 heteroatoms. The Morgan fingerprint density at radius 1 is 1.31 bits per heavy atom. The molecule has 26 heavy (non-hydrogen) atoms. The molecule has 7 nitrogen and oxygen atoms in total. The van der Waals surface area contributed by atoms with Crippen molar-refractivity contribution in [3.63, 3.8) is 0 Å². The van der Waals surface area contributed by atoms with Crippen molar-refractivity contribution in [3.8, 4) is 5.69 Å². The van der Waals surface area contributed by atoms with Gasteiger partial charge >= 0.3 is 0 Å². The van der Waals surface area contributed by atoms with E-state index in [-0.39, 0.29) is 5.28 Å². The summed E-state index contributed by atoms with van der Waals surface area (Å²) in [6.45, 7) is 4.05. The number of benzene rings is 1. The maximum Gasteiger partial charge on any atom is 0.224 e. The SMILES string of the molecule is Cc1c2c(nn1-c1ccc(CNc3nc(Cl)ncc3N)cc1)CCOC2. The zero-order valence-electron chi connectivity index (χ0n) is 14.4. The molecule has 3 N–H and O–H groups in total. The maximum absolute atomic E-state index is 5.85. The number of nitrogens with zero attached hydrogens (tertiary/aromatic N) is 4. The van der Waals surface area contributed by atoms with Crippen LogP contribution >= 0.6 is 11.6 Å². The molecule has 0 amide bonds. The lowest BCUT2D eigenvalue weighted by Crippen LogP contribution is -2.08. The average Bonchev–Trinajstić information content (AvgIpc) is 3.00. The van der Waals surface area contributed by atoms with Crippen LogP contribution in [0.25, 0.3) is 5.69 Å². The van der Waals surface area contributed by atoms with Gasteiger partial charge < -0.3 is 15.8 Å². The number of hydrogen-bond acceptors (Lipinski definition) is 6.